The van der Waals surface area contributed by atoms with Gasteiger partial charge in [-0.05, 0) is 19.1 Å². The van der Waals surface area contributed by atoms with Gasteiger partial charge in [-0.2, -0.15) is 0 Å². The lowest BCUT2D eigenvalue weighted by atomic mass is 10.3. The number of hydrogen-bond donors (Lipinski definition) is 0. The molecule has 0 spiro atoms. The zero-order chi connectivity index (χ0) is 9.97. The molecule has 1 aliphatic heterocycles. The molecule has 0 radical (unpaired) electrons. The van der Waals surface area contributed by atoms with Crippen molar-refractivity contribution in [1.29, 1.82) is 0 Å². The maximum Gasteiger partial charge on any atom is 0.124 e. The van der Waals surface area contributed by atoms with Crippen molar-refractivity contribution in [3.63, 3.8) is 0 Å². The van der Waals surface area contributed by atoms with Crippen molar-refractivity contribution in [2.75, 3.05) is 13.7 Å². The molecule has 0 bridgehead atoms. The lowest BCUT2D eigenvalue weighted by Gasteiger charge is -2.12. The van der Waals surface area contributed by atoms with Crippen molar-refractivity contribution >= 4 is 0 Å². The van der Waals surface area contributed by atoms with Crippen molar-refractivity contribution in [3.05, 3.63) is 24.3 Å². The molecule has 3 nitrogen and oxygen atoms in total. The first-order valence-corrected chi connectivity index (χ1v) is 4.72. The van der Waals surface area contributed by atoms with Crippen LogP contribution in [0.4, 0.5) is 0 Å². The van der Waals surface area contributed by atoms with E-state index >= 15 is 0 Å². The highest BCUT2D eigenvalue weighted by Gasteiger charge is 2.30. The molecule has 1 aromatic rings. The van der Waals surface area contributed by atoms with E-state index in [9.17, 15) is 0 Å². The Morgan fingerprint density at radius 3 is 2.79 bits per heavy atom. The summed E-state index contributed by atoms with van der Waals surface area (Å²) in [6.45, 7) is 2.82. The lowest BCUT2D eigenvalue weighted by molar-refractivity contribution is 0.176. The van der Waals surface area contributed by atoms with Gasteiger partial charge in [0, 0.05) is 6.07 Å². The fourth-order valence-electron chi connectivity index (χ4n) is 1.29. The molecule has 0 unspecified atom stereocenters. The maximum atomic E-state index is 5.68. The zero-order valence-electron chi connectivity index (χ0n) is 8.40. The molecule has 0 saturated carbocycles. The summed E-state index contributed by atoms with van der Waals surface area (Å²) in [4.78, 5) is 0. The van der Waals surface area contributed by atoms with Crippen LogP contribution in [-0.4, -0.2) is 25.9 Å². The third kappa shape index (κ3) is 2.17. The Morgan fingerprint density at radius 2 is 2.14 bits per heavy atom. The quantitative estimate of drug-likeness (QED) is 0.685. The number of rotatable bonds is 4. The van der Waals surface area contributed by atoms with E-state index < -0.39 is 0 Å². The summed E-state index contributed by atoms with van der Waals surface area (Å²) < 4.78 is 15.9. The maximum absolute atomic E-state index is 5.68. The van der Waals surface area contributed by atoms with Crippen molar-refractivity contribution in [2.45, 2.75) is 19.1 Å². The van der Waals surface area contributed by atoms with E-state index in [1.807, 2.05) is 31.2 Å². The first-order chi connectivity index (χ1) is 6.79. The molecule has 0 amide bonds. The molecular weight excluding hydrogens is 180 g/mol. The Hall–Kier alpha value is -1.22. The van der Waals surface area contributed by atoms with Crippen LogP contribution in [0.3, 0.4) is 0 Å². The standard InChI is InChI=1S/C11H14O3/c1-8(11-7-13-11)14-10-5-3-4-9(6-10)12-2/h3-6,8,11H,7H2,1-2H3/t8-,11+/m1/s1. The van der Waals surface area contributed by atoms with Crippen LogP contribution in [0.2, 0.25) is 0 Å². The molecule has 76 valence electrons. The summed E-state index contributed by atoms with van der Waals surface area (Å²) >= 11 is 0. The highest BCUT2D eigenvalue weighted by atomic mass is 16.6. The molecule has 2 rings (SSSR count). The minimum Gasteiger partial charge on any atom is -0.497 e. The Kier molecular flexibility index (Phi) is 2.59. The van der Waals surface area contributed by atoms with Gasteiger partial charge in [0.15, 0.2) is 0 Å². The van der Waals surface area contributed by atoms with Crippen molar-refractivity contribution < 1.29 is 14.2 Å². The third-order valence-electron chi connectivity index (χ3n) is 2.25. The van der Waals surface area contributed by atoms with Crippen LogP contribution in [0.15, 0.2) is 24.3 Å². The summed E-state index contributed by atoms with van der Waals surface area (Å²) in [5.74, 6) is 1.64. The Balaban J connectivity index is 2.00. The van der Waals surface area contributed by atoms with E-state index in [1.165, 1.54) is 0 Å². The van der Waals surface area contributed by atoms with E-state index in [-0.39, 0.29) is 12.2 Å². The van der Waals surface area contributed by atoms with Crippen LogP contribution in [-0.2, 0) is 4.74 Å². The molecule has 2 atom stereocenters. The van der Waals surface area contributed by atoms with Gasteiger partial charge in [0.2, 0.25) is 0 Å². The van der Waals surface area contributed by atoms with Crippen LogP contribution in [0.5, 0.6) is 11.5 Å². The van der Waals surface area contributed by atoms with E-state index in [0.717, 1.165) is 18.1 Å². The SMILES string of the molecule is COc1cccc(O[C@H](C)[C@@H]2CO2)c1. The summed E-state index contributed by atoms with van der Waals surface area (Å²) in [5, 5.41) is 0. The molecule has 1 heterocycles. The monoisotopic (exact) mass is 194 g/mol. The largest absolute Gasteiger partial charge is 0.497 e. The van der Waals surface area contributed by atoms with E-state index in [1.54, 1.807) is 7.11 Å². The Morgan fingerprint density at radius 1 is 1.43 bits per heavy atom. The fraction of sp³-hybridized carbons (Fsp3) is 0.455. The van der Waals surface area contributed by atoms with Crippen LogP contribution in [0.25, 0.3) is 0 Å². The predicted molar refractivity (Wildman–Crippen MR) is 52.8 cm³/mol. The molecule has 1 saturated heterocycles. The first-order valence-electron chi connectivity index (χ1n) is 4.72. The summed E-state index contributed by atoms with van der Waals surface area (Å²) in [7, 11) is 1.65. The molecule has 3 heteroatoms. The number of hydrogen-bond acceptors (Lipinski definition) is 3. The lowest BCUT2D eigenvalue weighted by Crippen LogP contribution is -2.18. The highest BCUT2D eigenvalue weighted by Crippen LogP contribution is 2.23. The van der Waals surface area contributed by atoms with Crippen LogP contribution in [0, 0.1) is 0 Å². The highest BCUT2D eigenvalue weighted by molar-refractivity contribution is 5.33. The summed E-state index contributed by atoms with van der Waals surface area (Å²) in [6.07, 6.45) is 0.378. The number of epoxide rings is 1. The molecule has 0 aliphatic carbocycles. The van der Waals surface area contributed by atoms with Gasteiger partial charge < -0.3 is 14.2 Å². The average molecular weight is 194 g/mol. The topological polar surface area (TPSA) is 31.0 Å². The van der Waals surface area contributed by atoms with Gasteiger partial charge in [-0.25, -0.2) is 0 Å². The second kappa shape index (κ2) is 3.88. The Labute approximate surface area is 83.6 Å². The third-order valence-corrected chi connectivity index (χ3v) is 2.25. The van der Waals surface area contributed by atoms with Crippen molar-refractivity contribution in [3.8, 4) is 11.5 Å². The molecule has 1 aromatic carbocycles. The molecule has 1 fully saturated rings. The summed E-state index contributed by atoms with van der Waals surface area (Å²) in [5.41, 5.74) is 0. The van der Waals surface area contributed by atoms with Crippen LogP contribution in [0.1, 0.15) is 6.92 Å². The van der Waals surface area contributed by atoms with Gasteiger partial charge in [-0.1, -0.05) is 6.07 Å². The van der Waals surface area contributed by atoms with Crippen molar-refractivity contribution in [1.82, 2.24) is 0 Å². The van der Waals surface area contributed by atoms with Gasteiger partial charge in [-0.3, -0.25) is 0 Å². The van der Waals surface area contributed by atoms with Gasteiger partial charge in [0.1, 0.15) is 23.7 Å². The predicted octanol–water partition coefficient (Wildman–Crippen LogP) is 1.86. The van der Waals surface area contributed by atoms with E-state index in [2.05, 4.69) is 0 Å². The smallest absolute Gasteiger partial charge is 0.124 e. The second-order valence-corrected chi connectivity index (χ2v) is 3.37. The summed E-state index contributed by atoms with van der Waals surface area (Å²) in [6, 6.07) is 7.60. The Bertz CT molecular complexity index is 307. The van der Waals surface area contributed by atoms with Gasteiger partial charge in [-0.15, -0.1) is 0 Å². The first kappa shape index (κ1) is 9.34. The molecular formula is C11H14O3. The minimum atomic E-state index is 0.113. The normalized spacial score (nSPS) is 21.4. The number of methoxy groups -OCH3 is 1. The van der Waals surface area contributed by atoms with Crippen molar-refractivity contribution in [2.24, 2.45) is 0 Å². The van der Waals surface area contributed by atoms with Crippen LogP contribution >= 0.6 is 0 Å². The van der Waals surface area contributed by atoms with E-state index in [0.29, 0.717) is 0 Å². The average Bonchev–Trinajstić information content (AvgIpc) is 3.01. The number of ether oxygens (including phenoxy) is 3. The molecule has 1 aliphatic rings. The van der Waals surface area contributed by atoms with Crippen LogP contribution < -0.4 is 9.47 Å². The fourth-order valence-corrected chi connectivity index (χ4v) is 1.29. The molecule has 14 heavy (non-hydrogen) atoms. The second-order valence-electron chi connectivity index (χ2n) is 3.37. The van der Waals surface area contributed by atoms with E-state index in [4.69, 9.17) is 14.2 Å². The van der Waals surface area contributed by atoms with Gasteiger partial charge >= 0.3 is 0 Å². The van der Waals surface area contributed by atoms with Gasteiger partial charge in [0.05, 0.1) is 13.7 Å². The zero-order valence-corrected chi connectivity index (χ0v) is 8.40. The van der Waals surface area contributed by atoms with Gasteiger partial charge in [0.25, 0.3) is 0 Å². The minimum absolute atomic E-state index is 0.113. The number of benzene rings is 1. The molecule has 0 N–H and O–H groups in total. The molecule has 0 aromatic heterocycles.